The Labute approximate surface area is 218 Å². The van der Waals surface area contributed by atoms with Crippen LogP contribution in [0.2, 0.25) is 0 Å². The predicted molar refractivity (Wildman–Crippen MR) is 140 cm³/mol. The SMILES string of the molecule is CCC(F)(CC)CN1CCC(COc2cnc(-c3ccc(C(=O)NC(=O)[C@@H]4CCCN4)cc3)nc2)CC1. The van der Waals surface area contributed by atoms with E-state index in [1.54, 1.807) is 36.7 Å². The molecule has 2 fully saturated rings. The number of piperidine rings is 1. The number of nitrogens with zero attached hydrogens (tertiary/aromatic N) is 3. The van der Waals surface area contributed by atoms with Crippen molar-refractivity contribution in [3.63, 3.8) is 0 Å². The Bertz CT molecular complexity index is 1030. The Morgan fingerprint density at radius 1 is 1.11 bits per heavy atom. The Balaban J connectivity index is 1.23. The minimum Gasteiger partial charge on any atom is -0.490 e. The van der Waals surface area contributed by atoms with Crippen molar-refractivity contribution in [1.29, 1.82) is 0 Å². The summed E-state index contributed by atoms with van der Waals surface area (Å²) in [4.78, 5) is 35.6. The van der Waals surface area contributed by atoms with Gasteiger partial charge in [0.15, 0.2) is 11.6 Å². The highest BCUT2D eigenvalue weighted by molar-refractivity contribution is 6.06. The van der Waals surface area contributed by atoms with Gasteiger partial charge in [0.05, 0.1) is 25.0 Å². The van der Waals surface area contributed by atoms with Crippen LogP contribution in [0.15, 0.2) is 36.7 Å². The summed E-state index contributed by atoms with van der Waals surface area (Å²) in [6.07, 6.45) is 8.09. The molecule has 3 heterocycles. The first-order valence-corrected chi connectivity index (χ1v) is 13.4. The molecule has 0 unspecified atom stereocenters. The van der Waals surface area contributed by atoms with E-state index in [0.29, 0.717) is 49.0 Å². The predicted octanol–water partition coefficient (Wildman–Crippen LogP) is 3.77. The van der Waals surface area contributed by atoms with Crippen LogP contribution in [0.4, 0.5) is 4.39 Å². The van der Waals surface area contributed by atoms with Gasteiger partial charge in [-0.2, -0.15) is 0 Å². The number of aromatic nitrogens is 2. The number of alkyl halides is 1. The summed E-state index contributed by atoms with van der Waals surface area (Å²) < 4.78 is 20.6. The van der Waals surface area contributed by atoms with Crippen LogP contribution in [0.1, 0.15) is 62.7 Å². The van der Waals surface area contributed by atoms with Crippen molar-refractivity contribution in [2.24, 2.45) is 5.92 Å². The van der Waals surface area contributed by atoms with Gasteiger partial charge in [-0.25, -0.2) is 14.4 Å². The number of amides is 2. The van der Waals surface area contributed by atoms with E-state index in [9.17, 15) is 14.0 Å². The number of carbonyl (C=O) groups excluding carboxylic acids is 2. The molecule has 1 aromatic carbocycles. The largest absolute Gasteiger partial charge is 0.490 e. The van der Waals surface area contributed by atoms with Gasteiger partial charge in [-0.05, 0) is 76.2 Å². The molecule has 2 aromatic rings. The average Bonchev–Trinajstić information content (AvgIpc) is 3.48. The highest BCUT2D eigenvalue weighted by Crippen LogP contribution is 2.26. The minimum absolute atomic E-state index is 0.286. The van der Waals surface area contributed by atoms with Gasteiger partial charge >= 0.3 is 0 Å². The Hall–Kier alpha value is -2.91. The van der Waals surface area contributed by atoms with E-state index < -0.39 is 11.6 Å². The van der Waals surface area contributed by atoms with Crippen molar-refractivity contribution < 1.29 is 18.7 Å². The van der Waals surface area contributed by atoms with Crippen LogP contribution in [-0.2, 0) is 4.79 Å². The van der Waals surface area contributed by atoms with E-state index in [4.69, 9.17) is 4.74 Å². The zero-order valence-corrected chi connectivity index (χ0v) is 21.8. The Morgan fingerprint density at radius 2 is 1.78 bits per heavy atom. The van der Waals surface area contributed by atoms with E-state index in [2.05, 4.69) is 25.5 Å². The molecule has 0 bridgehead atoms. The van der Waals surface area contributed by atoms with Crippen LogP contribution in [0, 0.1) is 5.92 Å². The molecule has 0 saturated carbocycles. The number of hydrogen-bond acceptors (Lipinski definition) is 7. The standard InChI is InChI=1S/C28H38FN5O3/c1-3-28(29,4-2)19-34-14-11-20(12-15-34)18-37-23-16-31-25(32-17-23)21-7-9-22(10-8-21)26(35)33-27(36)24-6-5-13-30-24/h7-10,16-17,20,24,30H,3-6,11-15,18-19H2,1-2H3,(H,33,35,36)/t24-/m0/s1. The van der Waals surface area contributed by atoms with E-state index in [1.807, 2.05) is 13.8 Å². The number of benzene rings is 1. The number of imide groups is 1. The molecule has 0 aliphatic carbocycles. The maximum atomic E-state index is 14.7. The molecule has 2 saturated heterocycles. The molecule has 2 N–H and O–H groups in total. The molecular weight excluding hydrogens is 473 g/mol. The third kappa shape index (κ3) is 7.32. The second-order valence-corrected chi connectivity index (χ2v) is 10.2. The molecule has 0 radical (unpaired) electrons. The van der Waals surface area contributed by atoms with Crippen molar-refractivity contribution in [3.05, 3.63) is 42.2 Å². The maximum absolute atomic E-state index is 14.7. The van der Waals surface area contributed by atoms with Crippen molar-refractivity contribution in [3.8, 4) is 17.1 Å². The number of ether oxygens (including phenoxy) is 1. The average molecular weight is 512 g/mol. The van der Waals surface area contributed by atoms with Crippen molar-refractivity contribution >= 4 is 11.8 Å². The van der Waals surface area contributed by atoms with Crippen LogP contribution >= 0.6 is 0 Å². The van der Waals surface area contributed by atoms with Crippen LogP contribution in [-0.4, -0.2) is 71.2 Å². The van der Waals surface area contributed by atoms with Gasteiger partial charge in [-0.15, -0.1) is 0 Å². The first-order valence-electron chi connectivity index (χ1n) is 13.4. The van der Waals surface area contributed by atoms with E-state index >= 15 is 0 Å². The summed E-state index contributed by atoms with van der Waals surface area (Å²) >= 11 is 0. The van der Waals surface area contributed by atoms with Gasteiger partial charge in [0.1, 0.15) is 5.67 Å². The lowest BCUT2D eigenvalue weighted by Crippen LogP contribution is -2.44. The lowest BCUT2D eigenvalue weighted by molar-refractivity contribution is -0.121. The smallest absolute Gasteiger partial charge is 0.257 e. The first kappa shape index (κ1) is 27.1. The zero-order chi connectivity index (χ0) is 26.3. The molecule has 200 valence electrons. The first-order chi connectivity index (χ1) is 17.9. The maximum Gasteiger partial charge on any atom is 0.257 e. The summed E-state index contributed by atoms with van der Waals surface area (Å²) in [6.45, 7) is 7.55. The van der Waals surface area contributed by atoms with Gasteiger partial charge in [0.25, 0.3) is 5.91 Å². The van der Waals surface area contributed by atoms with Crippen LogP contribution in [0.3, 0.4) is 0 Å². The fourth-order valence-corrected chi connectivity index (χ4v) is 4.89. The van der Waals surface area contributed by atoms with Gasteiger partial charge < -0.3 is 15.0 Å². The third-order valence-electron chi connectivity index (χ3n) is 7.61. The quantitative estimate of drug-likeness (QED) is 0.469. The molecule has 2 aliphatic rings. The number of hydrogen-bond donors (Lipinski definition) is 2. The van der Waals surface area contributed by atoms with Crippen molar-refractivity contribution in [2.75, 3.05) is 32.8 Å². The zero-order valence-electron chi connectivity index (χ0n) is 21.8. The number of likely N-dealkylation sites (tertiary alicyclic amines) is 1. The summed E-state index contributed by atoms with van der Waals surface area (Å²) in [7, 11) is 0. The summed E-state index contributed by atoms with van der Waals surface area (Å²) in [5.41, 5.74) is 0.0889. The van der Waals surface area contributed by atoms with Gasteiger partial charge in [0.2, 0.25) is 5.91 Å². The second-order valence-electron chi connectivity index (χ2n) is 10.2. The molecule has 1 atom stereocenters. The Morgan fingerprint density at radius 3 is 2.38 bits per heavy atom. The van der Waals surface area contributed by atoms with Crippen LogP contribution in [0.25, 0.3) is 11.4 Å². The lowest BCUT2D eigenvalue weighted by atomic mass is 9.94. The molecular formula is C28H38FN5O3. The van der Waals surface area contributed by atoms with Crippen molar-refractivity contribution in [2.45, 2.75) is 64.1 Å². The number of nitrogens with one attached hydrogen (secondary N) is 2. The molecule has 4 rings (SSSR count). The highest BCUT2D eigenvalue weighted by Gasteiger charge is 2.30. The summed E-state index contributed by atoms with van der Waals surface area (Å²) in [5, 5.41) is 5.54. The fourth-order valence-electron chi connectivity index (χ4n) is 4.89. The molecule has 8 nitrogen and oxygen atoms in total. The summed E-state index contributed by atoms with van der Waals surface area (Å²) in [6, 6.07) is 6.55. The van der Waals surface area contributed by atoms with E-state index in [1.165, 1.54) is 0 Å². The molecule has 2 amide bonds. The molecule has 37 heavy (non-hydrogen) atoms. The highest BCUT2D eigenvalue weighted by atomic mass is 19.1. The Kier molecular flexibility index (Phi) is 9.21. The molecule has 2 aliphatic heterocycles. The third-order valence-corrected chi connectivity index (χ3v) is 7.61. The van der Waals surface area contributed by atoms with Crippen LogP contribution < -0.4 is 15.4 Å². The van der Waals surface area contributed by atoms with Gasteiger partial charge in [-0.3, -0.25) is 14.9 Å². The molecule has 0 spiro atoms. The topological polar surface area (TPSA) is 96.5 Å². The van der Waals surface area contributed by atoms with E-state index in [0.717, 1.165) is 50.9 Å². The second kappa shape index (κ2) is 12.6. The minimum atomic E-state index is -1.08. The number of halogens is 1. The monoisotopic (exact) mass is 511 g/mol. The number of rotatable bonds is 10. The van der Waals surface area contributed by atoms with E-state index in [-0.39, 0.29) is 11.9 Å². The lowest BCUT2D eigenvalue weighted by Gasteiger charge is -2.36. The summed E-state index contributed by atoms with van der Waals surface area (Å²) in [5.74, 6) is 0.871. The van der Waals surface area contributed by atoms with Crippen LogP contribution in [0.5, 0.6) is 5.75 Å². The van der Waals surface area contributed by atoms with Gasteiger partial charge in [0, 0.05) is 17.7 Å². The number of carbonyl (C=O) groups is 2. The van der Waals surface area contributed by atoms with Gasteiger partial charge in [-0.1, -0.05) is 26.0 Å². The normalized spacial score (nSPS) is 19.1. The molecule has 9 heteroatoms. The van der Waals surface area contributed by atoms with Crippen molar-refractivity contribution in [1.82, 2.24) is 25.5 Å². The molecule has 1 aromatic heterocycles. The fraction of sp³-hybridized carbons (Fsp3) is 0.571.